The van der Waals surface area contributed by atoms with E-state index in [0.29, 0.717) is 12.0 Å². The normalized spacial score (nSPS) is 23.4. The van der Waals surface area contributed by atoms with E-state index in [2.05, 4.69) is 41.9 Å². The fourth-order valence-electron chi connectivity index (χ4n) is 1.31. The second-order valence-corrected chi connectivity index (χ2v) is 4.21. The van der Waals surface area contributed by atoms with Crippen LogP contribution in [-0.2, 0) is 4.74 Å². The van der Waals surface area contributed by atoms with Gasteiger partial charge in [0.25, 0.3) is 0 Å². The van der Waals surface area contributed by atoms with E-state index in [0.717, 1.165) is 18.2 Å². The van der Waals surface area contributed by atoms with Crippen molar-refractivity contribution in [2.24, 2.45) is 5.92 Å². The molecule has 1 aliphatic rings. The quantitative estimate of drug-likeness (QED) is 0.544. The molecule has 0 aromatic rings. The van der Waals surface area contributed by atoms with Crippen molar-refractivity contribution >= 4 is 15.9 Å². The first-order valence-corrected chi connectivity index (χ1v) is 5.93. The lowest BCUT2D eigenvalue weighted by molar-refractivity contribution is 0.164. The zero-order chi connectivity index (χ0) is 9.68. The zero-order valence-corrected chi connectivity index (χ0v) is 9.88. The van der Waals surface area contributed by atoms with Crippen LogP contribution in [0.5, 0.6) is 0 Å². The van der Waals surface area contributed by atoms with Crippen LogP contribution in [0.3, 0.4) is 0 Å². The van der Waals surface area contributed by atoms with Crippen LogP contribution in [0.2, 0.25) is 0 Å². The Bertz CT molecular complexity index is 206. The third kappa shape index (κ3) is 3.55. The van der Waals surface area contributed by atoms with Crippen molar-refractivity contribution in [2.75, 3.05) is 5.33 Å². The molecule has 0 saturated heterocycles. The van der Waals surface area contributed by atoms with Crippen molar-refractivity contribution in [3.8, 4) is 0 Å². The van der Waals surface area contributed by atoms with Gasteiger partial charge in [0.1, 0.15) is 6.10 Å². The van der Waals surface area contributed by atoms with Crippen molar-refractivity contribution in [2.45, 2.75) is 32.8 Å². The maximum Gasteiger partial charge on any atom is 0.116 e. The molecule has 74 valence electrons. The van der Waals surface area contributed by atoms with Crippen molar-refractivity contribution in [1.82, 2.24) is 0 Å². The Morgan fingerprint density at radius 1 is 1.69 bits per heavy atom. The first-order chi connectivity index (χ1) is 6.24. The molecule has 0 aliphatic carbocycles. The van der Waals surface area contributed by atoms with Crippen molar-refractivity contribution in [3.63, 3.8) is 0 Å². The molecular formula is C11H17BrO. The molecule has 0 fully saturated rings. The van der Waals surface area contributed by atoms with Gasteiger partial charge in [0.15, 0.2) is 0 Å². The summed E-state index contributed by atoms with van der Waals surface area (Å²) in [6, 6.07) is 0. The van der Waals surface area contributed by atoms with Gasteiger partial charge in [0.05, 0.1) is 6.26 Å². The van der Waals surface area contributed by atoms with Gasteiger partial charge in [-0.3, -0.25) is 0 Å². The largest absolute Gasteiger partial charge is 0.494 e. The van der Waals surface area contributed by atoms with Gasteiger partial charge in [-0.1, -0.05) is 35.4 Å². The van der Waals surface area contributed by atoms with Crippen molar-refractivity contribution in [1.29, 1.82) is 0 Å². The summed E-state index contributed by atoms with van der Waals surface area (Å²) in [7, 11) is 0. The average Bonchev–Trinajstić information content (AvgIpc) is 2.15. The van der Waals surface area contributed by atoms with Crippen molar-refractivity contribution in [3.05, 3.63) is 24.0 Å². The first-order valence-electron chi connectivity index (χ1n) is 4.81. The molecule has 1 atom stereocenters. The molecule has 1 rings (SSSR count). The second-order valence-electron chi connectivity index (χ2n) is 3.65. The Kier molecular flexibility index (Phi) is 4.57. The first kappa shape index (κ1) is 10.8. The fraction of sp³-hybridized carbons (Fsp3) is 0.636. The zero-order valence-electron chi connectivity index (χ0n) is 8.29. The minimum atomic E-state index is 0.292. The maximum atomic E-state index is 5.48. The highest BCUT2D eigenvalue weighted by atomic mass is 79.9. The number of ether oxygens (including phenoxy) is 1. The molecule has 0 aromatic carbocycles. The van der Waals surface area contributed by atoms with Crippen LogP contribution >= 0.6 is 15.9 Å². The van der Waals surface area contributed by atoms with E-state index in [4.69, 9.17) is 4.74 Å². The summed E-state index contributed by atoms with van der Waals surface area (Å²) < 4.78 is 5.48. The topological polar surface area (TPSA) is 9.23 Å². The van der Waals surface area contributed by atoms with Gasteiger partial charge in [-0.15, -0.1) is 0 Å². The summed E-state index contributed by atoms with van der Waals surface area (Å²) >= 11 is 3.50. The van der Waals surface area contributed by atoms with E-state index in [1.807, 2.05) is 6.26 Å². The second kappa shape index (κ2) is 5.48. The van der Waals surface area contributed by atoms with Crippen LogP contribution in [0, 0.1) is 5.92 Å². The van der Waals surface area contributed by atoms with E-state index in [1.165, 1.54) is 5.57 Å². The van der Waals surface area contributed by atoms with E-state index in [9.17, 15) is 0 Å². The Labute approximate surface area is 89.0 Å². The van der Waals surface area contributed by atoms with Crippen LogP contribution < -0.4 is 0 Å². The molecular weight excluding hydrogens is 228 g/mol. The van der Waals surface area contributed by atoms with E-state index < -0.39 is 0 Å². The molecule has 0 aromatic heterocycles. The third-order valence-corrected chi connectivity index (χ3v) is 2.91. The summed E-state index contributed by atoms with van der Waals surface area (Å²) in [5.41, 5.74) is 1.43. The van der Waals surface area contributed by atoms with Crippen LogP contribution in [0.4, 0.5) is 0 Å². The smallest absolute Gasteiger partial charge is 0.116 e. The van der Waals surface area contributed by atoms with E-state index in [1.54, 1.807) is 0 Å². The summed E-state index contributed by atoms with van der Waals surface area (Å²) in [5, 5.41) is 0.953. The molecule has 0 saturated carbocycles. The number of alkyl halides is 1. The molecule has 1 nitrogen and oxygen atoms in total. The number of hydrogen-bond acceptors (Lipinski definition) is 1. The monoisotopic (exact) mass is 244 g/mol. The SMILES string of the molecule is CC(C)/C(=C\C1CCC=CO1)CBr. The van der Waals surface area contributed by atoms with E-state index in [-0.39, 0.29) is 0 Å². The molecule has 0 N–H and O–H groups in total. The average molecular weight is 245 g/mol. The molecule has 0 bridgehead atoms. The predicted molar refractivity (Wildman–Crippen MR) is 60.0 cm³/mol. The fourth-order valence-corrected chi connectivity index (χ4v) is 2.14. The van der Waals surface area contributed by atoms with Gasteiger partial charge in [0.2, 0.25) is 0 Å². The lowest BCUT2D eigenvalue weighted by atomic mass is 10.0. The van der Waals surface area contributed by atoms with Crippen LogP contribution in [0.15, 0.2) is 24.0 Å². The van der Waals surface area contributed by atoms with Gasteiger partial charge < -0.3 is 4.74 Å². The van der Waals surface area contributed by atoms with Gasteiger partial charge in [-0.2, -0.15) is 0 Å². The summed E-state index contributed by atoms with van der Waals surface area (Å²) in [6.45, 7) is 4.43. The minimum Gasteiger partial charge on any atom is -0.494 e. The summed E-state index contributed by atoms with van der Waals surface area (Å²) in [4.78, 5) is 0. The Balaban J connectivity index is 2.55. The number of halogens is 1. The van der Waals surface area contributed by atoms with Gasteiger partial charge >= 0.3 is 0 Å². The number of hydrogen-bond donors (Lipinski definition) is 0. The molecule has 1 heterocycles. The lowest BCUT2D eigenvalue weighted by Gasteiger charge is -2.18. The molecule has 2 heteroatoms. The van der Waals surface area contributed by atoms with Crippen molar-refractivity contribution < 1.29 is 4.74 Å². The highest BCUT2D eigenvalue weighted by molar-refractivity contribution is 9.09. The van der Waals surface area contributed by atoms with Gasteiger partial charge in [-0.25, -0.2) is 0 Å². The van der Waals surface area contributed by atoms with Gasteiger partial charge in [-0.05, 0) is 30.9 Å². The number of rotatable bonds is 3. The Morgan fingerprint density at radius 2 is 2.46 bits per heavy atom. The Hall–Kier alpha value is -0.240. The Morgan fingerprint density at radius 3 is 2.92 bits per heavy atom. The molecule has 0 spiro atoms. The molecule has 0 radical (unpaired) electrons. The maximum absolute atomic E-state index is 5.48. The lowest BCUT2D eigenvalue weighted by Crippen LogP contribution is -2.11. The molecule has 13 heavy (non-hydrogen) atoms. The minimum absolute atomic E-state index is 0.292. The van der Waals surface area contributed by atoms with E-state index >= 15 is 0 Å². The molecule has 1 unspecified atom stereocenters. The predicted octanol–water partition coefficient (Wildman–Crippen LogP) is 3.66. The standard InChI is InChI=1S/C11H17BrO/c1-9(2)10(8-12)7-11-5-3-4-6-13-11/h4,6-7,9,11H,3,5,8H2,1-2H3/b10-7-. The highest BCUT2D eigenvalue weighted by Crippen LogP contribution is 2.18. The van der Waals surface area contributed by atoms with Crippen LogP contribution in [0.25, 0.3) is 0 Å². The van der Waals surface area contributed by atoms with Crippen LogP contribution in [-0.4, -0.2) is 11.4 Å². The third-order valence-electron chi connectivity index (χ3n) is 2.26. The summed E-state index contributed by atoms with van der Waals surface area (Å²) in [5.74, 6) is 0.605. The van der Waals surface area contributed by atoms with Crippen LogP contribution in [0.1, 0.15) is 26.7 Å². The summed E-state index contributed by atoms with van der Waals surface area (Å²) in [6.07, 6.45) is 8.68. The highest BCUT2D eigenvalue weighted by Gasteiger charge is 2.10. The number of allylic oxidation sites excluding steroid dienone is 2. The molecule has 0 amide bonds. The van der Waals surface area contributed by atoms with Gasteiger partial charge in [0, 0.05) is 5.33 Å². The molecule has 1 aliphatic heterocycles.